The van der Waals surface area contributed by atoms with Crippen LogP contribution in [0.5, 0.6) is 0 Å². The van der Waals surface area contributed by atoms with Gasteiger partial charge in [0.1, 0.15) is 11.9 Å². The number of ether oxygens (including phenoxy) is 1. The fraction of sp³-hybridized carbons (Fsp3) is 0.562. The van der Waals surface area contributed by atoms with Crippen molar-refractivity contribution in [3.8, 4) is 0 Å². The van der Waals surface area contributed by atoms with E-state index in [9.17, 15) is 0 Å². The summed E-state index contributed by atoms with van der Waals surface area (Å²) in [4.78, 5) is 4.56. The second kappa shape index (κ2) is 5.33. The van der Waals surface area contributed by atoms with Gasteiger partial charge in [-0.2, -0.15) is 0 Å². The number of hydrogen-bond acceptors (Lipinski definition) is 3. The van der Waals surface area contributed by atoms with Gasteiger partial charge in [0.2, 0.25) is 0 Å². The van der Waals surface area contributed by atoms with Gasteiger partial charge in [-0.1, -0.05) is 32.0 Å². The standard InChI is InChI=1S/C16H22N2O/c1-3-11-6-5-7-13-14(11)10-12(4-2)19-15(13)16-17-8-9-18-16/h5-7,12,15H,3-4,8-10H2,1-2H3,(H,17,18)/t12-,15?/m1/s1. The minimum absolute atomic E-state index is 0.0164. The van der Waals surface area contributed by atoms with Crippen LogP contribution in [0, 0.1) is 0 Å². The summed E-state index contributed by atoms with van der Waals surface area (Å²) in [6, 6.07) is 6.60. The van der Waals surface area contributed by atoms with Crippen LogP contribution < -0.4 is 5.32 Å². The van der Waals surface area contributed by atoms with E-state index in [1.807, 2.05) is 0 Å². The van der Waals surface area contributed by atoms with E-state index in [0.29, 0.717) is 6.10 Å². The molecule has 1 aromatic carbocycles. The van der Waals surface area contributed by atoms with E-state index in [1.54, 1.807) is 0 Å². The molecule has 0 saturated heterocycles. The fourth-order valence-corrected chi connectivity index (χ4v) is 3.07. The minimum Gasteiger partial charge on any atom is -0.369 e. The molecule has 3 heteroatoms. The summed E-state index contributed by atoms with van der Waals surface area (Å²) < 4.78 is 6.25. The maximum absolute atomic E-state index is 6.25. The summed E-state index contributed by atoms with van der Waals surface area (Å²) in [5.74, 6) is 1.02. The summed E-state index contributed by atoms with van der Waals surface area (Å²) in [5.41, 5.74) is 4.27. The Balaban J connectivity index is 2.03. The molecule has 0 aromatic heterocycles. The molecule has 102 valence electrons. The van der Waals surface area contributed by atoms with Gasteiger partial charge in [-0.15, -0.1) is 0 Å². The highest BCUT2D eigenvalue weighted by atomic mass is 16.5. The predicted octanol–water partition coefficient (Wildman–Crippen LogP) is 2.64. The summed E-state index contributed by atoms with van der Waals surface area (Å²) in [6.45, 7) is 6.24. The molecule has 0 radical (unpaired) electrons. The van der Waals surface area contributed by atoms with Crippen LogP contribution in [0.4, 0.5) is 0 Å². The molecule has 0 bridgehead atoms. The minimum atomic E-state index is 0.0164. The molecule has 3 nitrogen and oxygen atoms in total. The van der Waals surface area contributed by atoms with Crippen molar-refractivity contribution in [3.63, 3.8) is 0 Å². The van der Waals surface area contributed by atoms with Crippen molar-refractivity contribution in [1.29, 1.82) is 0 Å². The summed E-state index contributed by atoms with van der Waals surface area (Å²) in [5, 5.41) is 3.37. The Kier molecular flexibility index (Phi) is 3.56. The second-order valence-corrected chi connectivity index (χ2v) is 5.28. The Morgan fingerprint density at radius 1 is 1.37 bits per heavy atom. The predicted molar refractivity (Wildman–Crippen MR) is 77.7 cm³/mol. The highest BCUT2D eigenvalue weighted by Crippen LogP contribution is 2.34. The zero-order valence-corrected chi connectivity index (χ0v) is 11.8. The molecule has 0 fully saturated rings. The molecular weight excluding hydrogens is 236 g/mol. The topological polar surface area (TPSA) is 33.6 Å². The lowest BCUT2D eigenvalue weighted by atomic mass is 9.88. The van der Waals surface area contributed by atoms with E-state index in [1.165, 1.54) is 16.7 Å². The molecule has 0 aliphatic carbocycles. The van der Waals surface area contributed by atoms with Crippen molar-refractivity contribution in [3.05, 3.63) is 34.9 Å². The monoisotopic (exact) mass is 258 g/mol. The highest BCUT2D eigenvalue weighted by molar-refractivity contribution is 5.89. The van der Waals surface area contributed by atoms with Crippen LogP contribution in [0.25, 0.3) is 0 Å². The van der Waals surface area contributed by atoms with E-state index in [-0.39, 0.29) is 6.10 Å². The van der Waals surface area contributed by atoms with Crippen molar-refractivity contribution in [1.82, 2.24) is 5.32 Å². The number of nitrogens with one attached hydrogen (secondary N) is 1. The average molecular weight is 258 g/mol. The van der Waals surface area contributed by atoms with Crippen LogP contribution in [-0.2, 0) is 17.6 Å². The summed E-state index contributed by atoms with van der Waals surface area (Å²) in [6.07, 6.45) is 3.52. The van der Waals surface area contributed by atoms with Crippen LogP contribution in [0.2, 0.25) is 0 Å². The molecule has 0 saturated carbocycles. The van der Waals surface area contributed by atoms with Crippen LogP contribution in [-0.4, -0.2) is 25.0 Å². The van der Waals surface area contributed by atoms with E-state index < -0.39 is 0 Å². The van der Waals surface area contributed by atoms with Gasteiger partial charge >= 0.3 is 0 Å². The highest BCUT2D eigenvalue weighted by Gasteiger charge is 2.32. The van der Waals surface area contributed by atoms with Gasteiger partial charge in [0.05, 0.1) is 12.6 Å². The van der Waals surface area contributed by atoms with Crippen LogP contribution in [0.15, 0.2) is 23.2 Å². The molecule has 1 unspecified atom stereocenters. The Morgan fingerprint density at radius 3 is 2.95 bits per heavy atom. The van der Waals surface area contributed by atoms with Crippen LogP contribution in [0.3, 0.4) is 0 Å². The van der Waals surface area contributed by atoms with Gasteiger partial charge in [-0.3, -0.25) is 4.99 Å². The normalized spacial score (nSPS) is 25.7. The van der Waals surface area contributed by atoms with E-state index in [2.05, 4.69) is 42.4 Å². The number of hydrogen-bond donors (Lipinski definition) is 1. The maximum atomic E-state index is 6.25. The molecule has 3 rings (SSSR count). The summed E-state index contributed by atoms with van der Waals surface area (Å²) >= 11 is 0. The third-order valence-corrected chi connectivity index (χ3v) is 4.14. The zero-order valence-electron chi connectivity index (χ0n) is 11.8. The Morgan fingerprint density at radius 2 is 2.26 bits per heavy atom. The SMILES string of the molecule is CCc1cccc2c1C[C@@H](CC)OC2C1=NCCN1. The molecule has 0 spiro atoms. The molecule has 0 amide bonds. The first-order valence-corrected chi connectivity index (χ1v) is 7.37. The summed E-state index contributed by atoms with van der Waals surface area (Å²) in [7, 11) is 0. The van der Waals surface area contributed by atoms with E-state index in [0.717, 1.165) is 38.2 Å². The first-order chi connectivity index (χ1) is 9.33. The quantitative estimate of drug-likeness (QED) is 0.904. The lowest BCUT2D eigenvalue weighted by Gasteiger charge is -2.33. The van der Waals surface area contributed by atoms with Gasteiger partial charge in [0, 0.05) is 6.54 Å². The smallest absolute Gasteiger partial charge is 0.140 e. The van der Waals surface area contributed by atoms with Gasteiger partial charge in [0.15, 0.2) is 0 Å². The number of aliphatic imine (C=N–C) groups is 1. The first-order valence-electron chi connectivity index (χ1n) is 7.37. The molecule has 1 N–H and O–H groups in total. The lowest BCUT2D eigenvalue weighted by molar-refractivity contribution is 0.00701. The van der Waals surface area contributed by atoms with E-state index in [4.69, 9.17) is 4.74 Å². The molecule has 2 atom stereocenters. The number of nitrogens with zero attached hydrogens (tertiary/aromatic N) is 1. The van der Waals surface area contributed by atoms with Crippen molar-refractivity contribution in [2.45, 2.75) is 45.3 Å². The third kappa shape index (κ3) is 2.27. The lowest BCUT2D eigenvalue weighted by Crippen LogP contribution is -2.35. The van der Waals surface area contributed by atoms with Crippen molar-refractivity contribution >= 4 is 5.84 Å². The van der Waals surface area contributed by atoms with Crippen LogP contribution in [0.1, 0.15) is 43.1 Å². The number of fused-ring (bicyclic) bond motifs is 1. The molecule has 2 aliphatic heterocycles. The largest absolute Gasteiger partial charge is 0.369 e. The maximum Gasteiger partial charge on any atom is 0.140 e. The average Bonchev–Trinajstić information content (AvgIpc) is 2.99. The van der Waals surface area contributed by atoms with Crippen molar-refractivity contribution in [2.75, 3.05) is 13.1 Å². The molecule has 1 aromatic rings. The van der Waals surface area contributed by atoms with Gasteiger partial charge in [-0.25, -0.2) is 0 Å². The Hall–Kier alpha value is -1.35. The molecule has 2 heterocycles. The molecule has 2 aliphatic rings. The second-order valence-electron chi connectivity index (χ2n) is 5.28. The first kappa shape index (κ1) is 12.7. The number of amidine groups is 1. The van der Waals surface area contributed by atoms with Crippen molar-refractivity contribution < 1.29 is 4.74 Å². The third-order valence-electron chi connectivity index (χ3n) is 4.14. The fourth-order valence-electron chi connectivity index (χ4n) is 3.07. The van der Waals surface area contributed by atoms with Crippen molar-refractivity contribution in [2.24, 2.45) is 4.99 Å². The Bertz CT molecular complexity index is 496. The van der Waals surface area contributed by atoms with Gasteiger partial charge in [0.25, 0.3) is 0 Å². The van der Waals surface area contributed by atoms with Crippen LogP contribution >= 0.6 is 0 Å². The van der Waals surface area contributed by atoms with Gasteiger partial charge in [-0.05, 0) is 36.0 Å². The number of aryl methyl sites for hydroxylation is 1. The molecular formula is C16H22N2O. The van der Waals surface area contributed by atoms with E-state index >= 15 is 0 Å². The molecule has 19 heavy (non-hydrogen) atoms. The van der Waals surface area contributed by atoms with Gasteiger partial charge < -0.3 is 10.1 Å². The number of rotatable bonds is 3. The zero-order chi connectivity index (χ0) is 13.2. The Labute approximate surface area is 115 Å². The number of benzene rings is 1.